The lowest BCUT2D eigenvalue weighted by Crippen LogP contribution is -2.52. The maximum atomic E-state index is 9.03. The second-order valence-corrected chi connectivity index (χ2v) is 4.98. The molecule has 1 fully saturated rings. The van der Waals surface area contributed by atoms with Crippen molar-refractivity contribution >= 4 is 11.4 Å². The van der Waals surface area contributed by atoms with Crippen LogP contribution in [0.1, 0.15) is 6.92 Å². The Bertz CT molecular complexity index is 425. The van der Waals surface area contributed by atoms with Gasteiger partial charge in [-0.15, -0.1) is 0 Å². The lowest BCUT2D eigenvalue weighted by molar-refractivity contribution is 0.146. The maximum absolute atomic E-state index is 9.03. The smallest absolute Gasteiger partial charge is 0.143 e. The molecular weight excluding hydrogens is 242 g/mol. The molecule has 1 aliphatic heterocycles. The van der Waals surface area contributed by atoms with Gasteiger partial charge in [-0.3, -0.25) is 4.90 Å². The topological polar surface area (TPSA) is 62.0 Å². The monoisotopic (exact) mass is 265 g/mol. The molecule has 1 unspecified atom stereocenters. The maximum Gasteiger partial charge on any atom is 0.143 e. The molecule has 0 aliphatic carbocycles. The number of benzene rings is 1. The molecule has 2 rings (SSSR count). The number of nitrogen functional groups attached to an aromatic ring is 1. The third-order valence-electron chi connectivity index (χ3n) is 3.73. The summed E-state index contributed by atoms with van der Waals surface area (Å²) in [7, 11) is 1.64. The van der Waals surface area contributed by atoms with E-state index in [1.165, 1.54) is 0 Å². The van der Waals surface area contributed by atoms with Gasteiger partial charge in [0, 0.05) is 44.0 Å². The number of hydrogen-bond acceptors (Lipinski definition) is 5. The third kappa shape index (κ3) is 3.11. The summed E-state index contributed by atoms with van der Waals surface area (Å²) in [6.45, 7) is 6.04. The van der Waals surface area contributed by atoms with Gasteiger partial charge in [-0.2, -0.15) is 0 Å². The second-order valence-electron chi connectivity index (χ2n) is 4.98. The molecule has 106 valence electrons. The average Bonchev–Trinajstić information content (AvgIpc) is 2.42. The first kappa shape index (κ1) is 14.0. The summed E-state index contributed by atoms with van der Waals surface area (Å²) in [5.41, 5.74) is 7.64. The summed E-state index contributed by atoms with van der Waals surface area (Å²) in [5, 5.41) is 9.03. The molecule has 1 aromatic carbocycles. The van der Waals surface area contributed by atoms with Crippen LogP contribution < -0.4 is 15.4 Å². The Kier molecular flexibility index (Phi) is 4.50. The molecular formula is C14H23N3O2. The van der Waals surface area contributed by atoms with Gasteiger partial charge >= 0.3 is 0 Å². The zero-order chi connectivity index (χ0) is 13.8. The van der Waals surface area contributed by atoms with Gasteiger partial charge in [0.2, 0.25) is 0 Å². The largest absolute Gasteiger partial charge is 0.495 e. The van der Waals surface area contributed by atoms with Crippen LogP contribution in [0.25, 0.3) is 0 Å². The molecule has 3 N–H and O–H groups in total. The fraction of sp³-hybridized carbons (Fsp3) is 0.571. The summed E-state index contributed by atoms with van der Waals surface area (Å²) in [5.74, 6) is 0.725. The van der Waals surface area contributed by atoms with Crippen molar-refractivity contribution in [3.05, 3.63) is 18.2 Å². The van der Waals surface area contributed by atoms with Crippen molar-refractivity contribution in [2.45, 2.75) is 13.0 Å². The Labute approximate surface area is 114 Å². The SMILES string of the molecule is COc1cc(N2CCN(CCO)C(C)C2)ccc1N. The summed E-state index contributed by atoms with van der Waals surface area (Å²) in [6.07, 6.45) is 0. The van der Waals surface area contributed by atoms with Gasteiger partial charge in [-0.1, -0.05) is 0 Å². The number of anilines is 2. The predicted molar refractivity (Wildman–Crippen MR) is 77.7 cm³/mol. The predicted octanol–water partition coefficient (Wildman–Crippen LogP) is 0.780. The van der Waals surface area contributed by atoms with E-state index in [4.69, 9.17) is 15.6 Å². The molecule has 1 aromatic rings. The zero-order valence-electron chi connectivity index (χ0n) is 11.7. The lowest BCUT2D eigenvalue weighted by Gasteiger charge is -2.40. The summed E-state index contributed by atoms with van der Waals surface area (Å²) in [6, 6.07) is 6.35. The van der Waals surface area contributed by atoms with Crippen LogP contribution >= 0.6 is 0 Å². The molecule has 0 bridgehead atoms. The lowest BCUT2D eigenvalue weighted by atomic mass is 10.1. The van der Waals surface area contributed by atoms with Crippen molar-refractivity contribution in [2.75, 3.05) is 50.5 Å². The summed E-state index contributed by atoms with van der Waals surface area (Å²) in [4.78, 5) is 4.64. The van der Waals surface area contributed by atoms with E-state index in [0.29, 0.717) is 11.7 Å². The fourth-order valence-electron chi connectivity index (χ4n) is 2.59. The number of nitrogens with zero attached hydrogens (tertiary/aromatic N) is 2. The van der Waals surface area contributed by atoms with E-state index in [2.05, 4.69) is 16.7 Å². The van der Waals surface area contributed by atoms with Gasteiger partial charge in [0.25, 0.3) is 0 Å². The zero-order valence-corrected chi connectivity index (χ0v) is 11.7. The van der Waals surface area contributed by atoms with Crippen molar-refractivity contribution in [1.82, 2.24) is 4.90 Å². The van der Waals surface area contributed by atoms with Crippen molar-refractivity contribution in [2.24, 2.45) is 0 Å². The minimum Gasteiger partial charge on any atom is -0.495 e. The van der Waals surface area contributed by atoms with E-state index in [-0.39, 0.29) is 6.61 Å². The molecule has 0 aromatic heterocycles. The van der Waals surface area contributed by atoms with E-state index in [1.807, 2.05) is 18.2 Å². The molecule has 1 saturated heterocycles. The van der Waals surface area contributed by atoms with Crippen molar-refractivity contribution < 1.29 is 9.84 Å². The summed E-state index contributed by atoms with van der Waals surface area (Å²) >= 11 is 0. The molecule has 1 heterocycles. The Hall–Kier alpha value is -1.46. The van der Waals surface area contributed by atoms with Crippen LogP contribution in [0.5, 0.6) is 5.75 Å². The molecule has 5 heteroatoms. The van der Waals surface area contributed by atoms with Crippen LogP contribution in [0.2, 0.25) is 0 Å². The number of nitrogens with two attached hydrogens (primary N) is 1. The van der Waals surface area contributed by atoms with Crippen LogP contribution in [0.15, 0.2) is 18.2 Å². The highest BCUT2D eigenvalue weighted by molar-refractivity contribution is 5.62. The van der Waals surface area contributed by atoms with Crippen molar-refractivity contribution in [1.29, 1.82) is 0 Å². The Balaban J connectivity index is 2.07. The Morgan fingerprint density at radius 1 is 1.42 bits per heavy atom. The van der Waals surface area contributed by atoms with Gasteiger partial charge in [0.05, 0.1) is 19.4 Å². The highest BCUT2D eigenvalue weighted by atomic mass is 16.5. The number of hydrogen-bond donors (Lipinski definition) is 2. The van der Waals surface area contributed by atoms with Crippen LogP contribution in [0.4, 0.5) is 11.4 Å². The van der Waals surface area contributed by atoms with Crippen LogP contribution in [-0.4, -0.2) is 55.9 Å². The van der Waals surface area contributed by atoms with Gasteiger partial charge in [-0.25, -0.2) is 0 Å². The molecule has 0 amide bonds. The molecule has 5 nitrogen and oxygen atoms in total. The van der Waals surface area contributed by atoms with E-state index in [9.17, 15) is 0 Å². The standard InChI is InChI=1S/C14H23N3O2/c1-11-10-17(6-5-16(11)7-8-18)12-3-4-13(15)14(9-12)19-2/h3-4,9,11,18H,5-8,10,15H2,1-2H3. The second kappa shape index (κ2) is 6.12. The van der Waals surface area contributed by atoms with E-state index in [1.54, 1.807) is 7.11 Å². The van der Waals surface area contributed by atoms with Gasteiger partial charge in [0.15, 0.2) is 0 Å². The molecule has 0 spiro atoms. The Morgan fingerprint density at radius 2 is 2.21 bits per heavy atom. The van der Waals surface area contributed by atoms with Crippen molar-refractivity contribution in [3.63, 3.8) is 0 Å². The fourth-order valence-corrected chi connectivity index (χ4v) is 2.59. The number of aliphatic hydroxyl groups excluding tert-OH is 1. The third-order valence-corrected chi connectivity index (χ3v) is 3.73. The highest BCUT2D eigenvalue weighted by Crippen LogP contribution is 2.28. The molecule has 1 aliphatic rings. The minimum atomic E-state index is 0.222. The number of rotatable bonds is 4. The number of methoxy groups -OCH3 is 1. The van der Waals surface area contributed by atoms with Crippen LogP contribution in [-0.2, 0) is 0 Å². The first-order valence-electron chi connectivity index (χ1n) is 6.69. The van der Waals surface area contributed by atoms with Gasteiger partial charge in [0.1, 0.15) is 5.75 Å². The van der Waals surface area contributed by atoms with E-state index >= 15 is 0 Å². The van der Waals surface area contributed by atoms with Crippen LogP contribution in [0.3, 0.4) is 0 Å². The molecule has 0 radical (unpaired) electrons. The quantitative estimate of drug-likeness (QED) is 0.788. The van der Waals surface area contributed by atoms with Crippen LogP contribution in [0, 0.1) is 0 Å². The van der Waals surface area contributed by atoms with Gasteiger partial charge < -0.3 is 20.5 Å². The average molecular weight is 265 g/mol. The molecule has 19 heavy (non-hydrogen) atoms. The minimum absolute atomic E-state index is 0.222. The first-order valence-corrected chi connectivity index (χ1v) is 6.69. The highest BCUT2D eigenvalue weighted by Gasteiger charge is 2.23. The molecule has 0 saturated carbocycles. The number of β-amino-alcohol motifs (C(OH)–C–C–N with tert-alkyl or cyclic N) is 1. The normalized spacial score (nSPS) is 20.6. The van der Waals surface area contributed by atoms with E-state index in [0.717, 1.165) is 37.6 Å². The number of aliphatic hydroxyl groups is 1. The van der Waals surface area contributed by atoms with E-state index < -0.39 is 0 Å². The first-order chi connectivity index (χ1) is 9.15. The molecule has 1 atom stereocenters. The Morgan fingerprint density at radius 3 is 2.84 bits per heavy atom. The number of ether oxygens (including phenoxy) is 1. The van der Waals surface area contributed by atoms with Crippen molar-refractivity contribution in [3.8, 4) is 5.75 Å². The number of piperazine rings is 1. The van der Waals surface area contributed by atoms with Gasteiger partial charge in [-0.05, 0) is 19.1 Å². The summed E-state index contributed by atoms with van der Waals surface area (Å²) < 4.78 is 5.27.